The van der Waals surface area contributed by atoms with E-state index in [-0.39, 0.29) is 18.0 Å². The van der Waals surface area contributed by atoms with Gasteiger partial charge in [-0.2, -0.15) is 0 Å². The normalized spacial score (nSPS) is 22.3. The fourth-order valence-corrected chi connectivity index (χ4v) is 1.97. The van der Waals surface area contributed by atoms with Crippen LogP contribution in [-0.2, 0) is 14.3 Å². The van der Waals surface area contributed by atoms with Crippen LogP contribution in [0.3, 0.4) is 0 Å². The number of carbonyl (C=O) groups is 2. The molecule has 1 rings (SSSR count). The van der Waals surface area contributed by atoms with E-state index in [4.69, 9.17) is 4.74 Å². The Labute approximate surface area is 114 Å². The first kappa shape index (κ1) is 15.5. The van der Waals surface area contributed by atoms with Crippen molar-refractivity contribution in [2.75, 3.05) is 20.2 Å². The molecule has 1 fully saturated rings. The number of piperidine rings is 1. The van der Waals surface area contributed by atoms with E-state index in [0.717, 1.165) is 5.57 Å². The van der Waals surface area contributed by atoms with Crippen LogP contribution in [0.15, 0.2) is 11.6 Å². The van der Waals surface area contributed by atoms with Crippen molar-refractivity contribution in [2.45, 2.75) is 39.7 Å². The van der Waals surface area contributed by atoms with Crippen LogP contribution in [0, 0.1) is 5.92 Å². The van der Waals surface area contributed by atoms with E-state index in [0.29, 0.717) is 19.5 Å². The monoisotopic (exact) mass is 269 g/mol. The maximum atomic E-state index is 11.9. The van der Waals surface area contributed by atoms with Crippen LogP contribution >= 0.6 is 0 Å². The summed E-state index contributed by atoms with van der Waals surface area (Å²) in [4.78, 5) is 24.8. The highest BCUT2D eigenvalue weighted by Crippen LogP contribution is 2.24. The Kier molecular flexibility index (Phi) is 4.97. The number of esters is 1. The molecule has 1 aliphatic heterocycles. The maximum Gasteiger partial charge on any atom is 0.410 e. The van der Waals surface area contributed by atoms with Crippen molar-refractivity contribution in [1.29, 1.82) is 0 Å². The number of hydrogen-bond donors (Lipinski definition) is 0. The molecule has 0 radical (unpaired) electrons. The largest absolute Gasteiger partial charge is 0.466 e. The number of ether oxygens (including phenoxy) is 2. The fraction of sp³-hybridized carbons (Fsp3) is 0.714. The van der Waals surface area contributed by atoms with Crippen molar-refractivity contribution in [1.82, 2.24) is 4.90 Å². The number of likely N-dealkylation sites (tertiary alicyclic amines) is 1. The number of rotatable bonds is 1. The first-order chi connectivity index (χ1) is 8.73. The molecule has 0 bridgehead atoms. The summed E-state index contributed by atoms with van der Waals surface area (Å²) in [6.07, 6.45) is 1.91. The highest BCUT2D eigenvalue weighted by Gasteiger charge is 2.28. The Morgan fingerprint density at radius 2 is 2.00 bits per heavy atom. The van der Waals surface area contributed by atoms with Gasteiger partial charge in [-0.05, 0) is 33.1 Å². The Morgan fingerprint density at radius 3 is 2.47 bits per heavy atom. The Bertz CT molecular complexity index is 381. The number of hydrogen-bond acceptors (Lipinski definition) is 4. The molecule has 5 nitrogen and oxygen atoms in total. The van der Waals surface area contributed by atoms with Gasteiger partial charge in [-0.3, -0.25) is 0 Å². The molecule has 0 aromatic carbocycles. The summed E-state index contributed by atoms with van der Waals surface area (Å²) in [6.45, 7) is 8.67. The summed E-state index contributed by atoms with van der Waals surface area (Å²) >= 11 is 0. The van der Waals surface area contributed by atoms with Crippen molar-refractivity contribution in [3.8, 4) is 0 Å². The summed E-state index contributed by atoms with van der Waals surface area (Å²) in [7, 11) is 1.36. The molecule has 108 valence electrons. The number of nitrogens with zero attached hydrogens (tertiary/aromatic N) is 1. The van der Waals surface area contributed by atoms with Gasteiger partial charge in [0.25, 0.3) is 0 Å². The van der Waals surface area contributed by atoms with E-state index < -0.39 is 5.60 Å². The SMILES string of the molecule is COC(=O)/C=C1\CCN(C(=O)OC(C)(C)C)CC1C. The zero-order valence-electron chi connectivity index (χ0n) is 12.4. The zero-order chi connectivity index (χ0) is 14.6. The van der Waals surface area contributed by atoms with E-state index in [1.54, 1.807) is 4.90 Å². The Hall–Kier alpha value is -1.52. The molecule has 1 aliphatic rings. The highest BCUT2D eigenvalue weighted by molar-refractivity contribution is 5.82. The molecule has 5 heteroatoms. The van der Waals surface area contributed by atoms with Crippen LogP contribution in [0.5, 0.6) is 0 Å². The molecular formula is C14H23NO4. The first-order valence-electron chi connectivity index (χ1n) is 6.49. The second-order valence-corrected chi connectivity index (χ2v) is 5.82. The smallest absolute Gasteiger partial charge is 0.410 e. The van der Waals surface area contributed by atoms with Crippen LogP contribution in [0.4, 0.5) is 4.79 Å². The average Bonchev–Trinajstić information content (AvgIpc) is 2.29. The minimum atomic E-state index is -0.484. The van der Waals surface area contributed by atoms with E-state index >= 15 is 0 Å². The third-order valence-corrected chi connectivity index (χ3v) is 2.95. The van der Waals surface area contributed by atoms with Gasteiger partial charge in [-0.25, -0.2) is 9.59 Å². The van der Waals surface area contributed by atoms with Gasteiger partial charge in [-0.1, -0.05) is 12.5 Å². The van der Waals surface area contributed by atoms with Crippen molar-refractivity contribution < 1.29 is 19.1 Å². The Balaban J connectivity index is 2.61. The summed E-state index contributed by atoms with van der Waals surface area (Å²) in [6, 6.07) is 0. The topological polar surface area (TPSA) is 55.8 Å². The molecular weight excluding hydrogens is 246 g/mol. The van der Waals surface area contributed by atoms with Gasteiger partial charge in [-0.15, -0.1) is 0 Å². The predicted octanol–water partition coefficient (Wildman–Crippen LogP) is 2.36. The molecule has 1 amide bonds. The van der Waals surface area contributed by atoms with Gasteiger partial charge in [0.05, 0.1) is 7.11 Å². The van der Waals surface area contributed by atoms with Crippen molar-refractivity contribution >= 4 is 12.1 Å². The second-order valence-electron chi connectivity index (χ2n) is 5.82. The third-order valence-electron chi connectivity index (χ3n) is 2.95. The zero-order valence-corrected chi connectivity index (χ0v) is 12.4. The highest BCUT2D eigenvalue weighted by atomic mass is 16.6. The van der Waals surface area contributed by atoms with Gasteiger partial charge in [0.2, 0.25) is 0 Å². The summed E-state index contributed by atoms with van der Waals surface area (Å²) in [5.74, 6) is -0.201. The molecule has 0 N–H and O–H groups in total. The average molecular weight is 269 g/mol. The van der Waals surface area contributed by atoms with Crippen LogP contribution in [0.1, 0.15) is 34.1 Å². The number of methoxy groups -OCH3 is 1. The van der Waals surface area contributed by atoms with Gasteiger partial charge in [0, 0.05) is 19.2 Å². The van der Waals surface area contributed by atoms with Crippen molar-refractivity contribution in [2.24, 2.45) is 5.92 Å². The lowest BCUT2D eigenvalue weighted by Gasteiger charge is -2.34. The Morgan fingerprint density at radius 1 is 1.37 bits per heavy atom. The number of amides is 1. The van der Waals surface area contributed by atoms with Gasteiger partial charge in [0.15, 0.2) is 0 Å². The lowest BCUT2D eigenvalue weighted by Crippen LogP contribution is -2.43. The summed E-state index contributed by atoms with van der Waals surface area (Å²) in [5, 5.41) is 0. The fourth-order valence-electron chi connectivity index (χ4n) is 1.97. The van der Waals surface area contributed by atoms with E-state index in [9.17, 15) is 9.59 Å². The third kappa shape index (κ3) is 4.93. The van der Waals surface area contributed by atoms with Crippen molar-refractivity contribution in [3.63, 3.8) is 0 Å². The predicted molar refractivity (Wildman–Crippen MR) is 71.7 cm³/mol. The van der Waals surface area contributed by atoms with E-state index in [1.165, 1.54) is 13.2 Å². The molecule has 1 unspecified atom stereocenters. The van der Waals surface area contributed by atoms with Crippen LogP contribution in [-0.4, -0.2) is 42.8 Å². The standard InChI is InChI=1S/C14H23NO4/c1-10-9-15(13(17)19-14(2,3)4)7-6-11(10)8-12(16)18-5/h8,10H,6-7,9H2,1-5H3/b11-8+. The molecule has 0 aliphatic carbocycles. The summed E-state index contributed by atoms with van der Waals surface area (Å²) < 4.78 is 9.96. The molecule has 1 saturated heterocycles. The minimum absolute atomic E-state index is 0.139. The summed E-state index contributed by atoms with van der Waals surface area (Å²) in [5.41, 5.74) is 0.536. The molecule has 0 aromatic heterocycles. The van der Waals surface area contributed by atoms with Gasteiger partial charge < -0.3 is 14.4 Å². The van der Waals surface area contributed by atoms with E-state index in [2.05, 4.69) is 4.74 Å². The number of carbonyl (C=O) groups excluding carboxylic acids is 2. The molecule has 0 saturated carbocycles. The van der Waals surface area contributed by atoms with Crippen LogP contribution in [0.25, 0.3) is 0 Å². The van der Waals surface area contributed by atoms with Gasteiger partial charge in [0.1, 0.15) is 5.60 Å². The lowest BCUT2D eigenvalue weighted by molar-refractivity contribution is -0.134. The molecule has 1 atom stereocenters. The van der Waals surface area contributed by atoms with Gasteiger partial charge >= 0.3 is 12.1 Å². The second kappa shape index (κ2) is 6.08. The van der Waals surface area contributed by atoms with Crippen molar-refractivity contribution in [3.05, 3.63) is 11.6 Å². The van der Waals surface area contributed by atoms with E-state index in [1.807, 2.05) is 27.7 Å². The molecule has 0 spiro atoms. The van der Waals surface area contributed by atoms with Crippen LogP contribution in [0.2, 0.25) is 0 Å². The lowest BCUT2D eigenvalue weighted by atomic mass is 9.93. The molecule has 19 heavy (non-hydrogen) atoms. The molecule has 0 aromatic rings. The van der Waals surface area contributed by atoms with Crippen LogP contribution < -0.4 is 0 Å². The quantitative estimate of drug-likeness (QED) is 0.541. The first-order valence-corrected chi connectivity index (χ1v) is 6.49. The maximum absolute atomic E-state index is 11.9. The molecule has 1 heterocycles. The minimum Gasteiger partial charge on any atom is -0.466 e.